The van der Waals surface area contributed by atoms with E-state index in [9.17, 15) is 4.79 Å². The van der Waals surface area contributed by atoms with Crippen LogP contribution in [0.15, 0.2) is 24.3 Å². The number of halogens is 2. The smallest absolute Gasteiger partial charge is 0.354 e. The summed E-state index contributed by atoms with van der Waals surface area (Å²) in [7, 11) is 1.86. The summed E-state index contributed by atoms with van der Waals surface area (Å²) in [5.41, 5.74) is 2.59. The predicted molar refractivity (Wildman–Crippen MR) is 92.5 cm³/mol. The van der Waals surface area contributed by atoms with Crippen molar-refractivity contribution in [3.05, 3.63) is 30.0 Å². The van der Waals surface area contributed by atoms with E-state index in [1.54, 1.807) is 6.92 Å². The van der Waals surface area contributed by atoms with Gasteiger partial charge in [-0.15, -0.1) is 23.2 Å². The van der Waals surface area contributed by atoms with Crippen molar-refractivity contribution >= 4 is 45.8 Å². The van der Waals surface area contributed by atoms with Gasteiger partial charge in [0.05, 0.1) is 6.61 Å². The number of carbonyl (C=O) groups excluding carboxylic acids is 1. The highest BCUT2D eigenvalue weighted by atomic mass is 35.5. The van der Waals surface area contributed by atoms with Gasteiger partial charge in [0.15, 0.2) is 0 Å². The molecule has 0 spiro atoms. The molecule has 0 radical (unpaired) electrons. The molecule has 22 heavy (non-hydrogen) atoms. The third-order valence-corrected chi connectivity index (χ3v) is 3.92. The van der Waals surface area contributed by atoms with Crippen LogP contribution in [0.2, 0.25) is 0 Å². The number of hydrogen-bond donors (Lipinski definition) is 0. The van der Waals surface area contributed by atoms with Crippen LogP contribution in [0.25, 0.3) is 10.9 Å². The minimum Gasteiger partial charge on any atom is -0.461 e. The zero-order chi connectivity index (χ0) is 16.1. The van der Waals surface area contributed by atoms with E-state index < -0.39 is 0 Å². The van der Waals surface area contributed by atoms with E-state index in [4.69, 9.17) is 27.9 Å². The first-order valence-electron chi connectivity index (χ1n) is 7.25. The number of hydrogen-bond acceptors (Lipinski definition) is 3. The fourth-order valence-corrected chi connectivity index (χ4v) is 2.92. The monoisotopic (exact) mass is 342 g/mol. The predicted octanol–water partition coefficient (Wildman–Crippen LogP) is 3.64. The van der Waals surface area contributed by atoms with Gasteiger partial charge in [-0.1, -0.05) is 0 Å². The van der Waals surface area contributed by atoms with E-state index in [-0.39, 0.29) is 5.97 Å². The molecule has 2 aromatic rings. The van der Waals surface area contributed by atoms with E-state index in [1.807, 2.05) is 29.8 Å². The Labute approximate surface area is 140 Å². The molecule has 0 N–H and O–H groups in total. The average Bonchev–Trinajstić information content (AvgIpc) is 2.84. The Bertz CT molecular complexity index is 649. The molecule has 2 rings (SSSR count). The van der Waals surface area contributed by atoms with Crippen molar-refractivity contribution in [3.8, 4) is 0 Å². The van der Waals surface area contributed by atoms with Gasteiger partial charge in [-0.3, -0.25) is 0 Å². The Balaban J connectivity index is 2.39. The van der Waals surface area contributed by atoms with Gasteiger partial charge in [-0.2, -0.15) is 0 Å². The zero-order valence-corrected chi connectivity index (χ0v) is 14.3. The Morgan fingerprint density at radius 1 is 1.23 bits per heavy atom. The van der Waals surface area contributed by atoms with Crippen LogP contribution in [-0.4, -0.2) is 42.0 Å². The standard InChI is InChI=1S/C16H20Cl2N2O2/c1-3-22-16(21)15-11-12-10-13(4-5-14(12)19(15)2)20(8-6-17)9-7-18/h4-5,10-11H,3,6-9H2,1-2H3. The lowest BCUT2D eigenvalue weighted by Crippen LogP contribution is -2.27. The summed E-state index contributed by atoms with van der Waals surface area (Å²) >= 11 is 11.7. The fourth-order valence-electron chi connectivity index (χ4n) is 2.51. The number of esters is 1. The van der Waals surface area contributed by atoms with Gasteiger partial charge in [0.25, 0.3) is 0 Å². The summed E-state index contributed by atoms with van der Waals surface area (Å²) in [4.78, 5) is 14.1. The largest absolute Gasteiger partial charge is 0.461 e. The molecule has 0 amide bonds. The zero-order valence-electron chi connectivity index (χ0n) is 12.8. The maximum Gasteiger partial charge on any atom is 0.354 e. The maximum absolute atomic E-state index is 12.0. The van der Waals surface area contributed by atoms with Crippen molar-refractivity contribution in [1.29, 1.82) is 0 Å². The van der Waals surface area contributed by atoms with Crippen LogP contribution in [0.5, 0.6) is 0 Å². The lowest BCUT2D eigenvalue weighted by atomic mass is 10.2. The molecule has 0 bridgehead atoms. The summed E-state index contributed by atoms with van der Waals surface area (Å²) in [6, 6.07) is 7.94. The summed E-state index contributed by atoms with van der Waals surface area (Å²) in [5, 5.41) is 0.997. The molecule has 0 saturated heterocycles. The molecule has 0 aliphatic carbocycles. The molecule has 0 atom stereocenters. The van der Waals surface area contributed by atoms with Gasteiger partial charge < -0.3 is 14.2 Å². The number of benzene rings is 1. The second kappa shape index (κ2) is 7.75. The van der Waals surface area contributed by atoms with Crippen molar-refractivity contribution in [2.75, 3.05) is 36.4 Å². The molecule has 1 heterocycles. The molecule has 0 saturated carbocycles. The number of aromatic nitrogens is 1. The summed E-state index contributed by atoms with van der Waals surface area (Å²) < 4.78 is 6.94. The van der Waals surface area contributed by atoms with E-state index in [2.05, 4.69) is 11.0 Å². The molecule has 1 aromatic heterocycles. The quantitative estimate of drug-likeness (QED) is 0.569. The fraction of sp³-hybridized carbons (Fsp3) is 0.438. The van der Waals surface area contributed by atoms with E-state index in [1.165, 1.54) is 0 Å². The first kappa shape index (κ1) is 17.0. The number of ether oxygens (including phenoxy) is 1. The van der Waals surface area contributed by atoms with Crippen LogP contribution < -0.4 is 4.90 Å². The van der Waals surface area contributed by atoms with Crippen molar-refractivity contribution in [1.82, 2.24) is 4.57 Å². The SMILES string of the molecule is CCOC(=O)c1cc2cc(N(CCCl)CCCl)ccc2n1C. The normalized spacial score (nSPS) is 10.9. The van der Waals surface area contributed by atoms with Crippen LogP contribution >= 0.6 is 23.2 Å². The number of rotatable bonds is 7. The lowest BCUT2D eigenvalue weighted by molar-refractivity contribution is 0.0516. The lowest BCUT2D eigenvalue weighted by Gasteiger charge is -2.22. The number of fused-ring (bicyclic) bond motifs is 1. The molecule has 0 fully saturated rings. The number of aryl methyl sites for hydroxylation is 1. The van der Waals surface area contributed by atoms with Crippen molar-refractivity contribution in [2.45, 2.75) is 6.92 Å². The van der Waals surface area contributed by atoms with Gasteiger partial charge >= 0.3 is 5.97 Å². The van der Waals surface area contributed by atoms with Crippen molar-refractivity contribution in [2.24, 2.45) is 7.05 Å². The van der Waals surface area contributed by atoms with Gasteiger partial charge in [0.1, 0.15) is 5.69 Å². The summed E-state index contributed by atoms with van der Waals surface area (Å²) in [6.07, 6.45) is 0. The van der Waals surface area contributed by atoms with Crippen LogP contribution in [0.1, 0.15) is 17.4 Å². The first-order chi connectivity index (χ1) is 10.6. The van der Waals surface area contributed by atoms with Crippen LogP contribution in [0.4, 0.5) is 5.69 Å². The van der Waals surface area contributed by atoms with Crippen LogP contribution in [0.3, 0.4) is 0 Å². The highest BCUT2D eigenvalue weighted by molar-refractivity contribution is 6.18. The van der Waals surface area contributed by atoms with Gasteiger partial charge in [0, 0.05) is 48.5 Å². The summed E-state index contributed by atoms with van der Waals surface area (Å²) in [6.45, 7) is 3.63. The molecule has 0 aliphatic rings. The van der Waals surface area contributed by atoms with Crippen molar-refractivity contribution in [3.63, 3.8) is 0 Å². The maximum atomic E-state index is 12.0. The molecular weight excluding hydrogens is 323 g/mol. The van der Waals surface area contributed by atoms with Crippen LogP contribution in [-0.2, 0) is 11.8 Å². The highest BCUT2D eigenvalue weighted by Crippen LogP contribution is 2.25. The average molecular weight is 343 g/mol. The Morgan fingerprint density at radius 3 is 2.50 bits per heavy atom. The van der Waals surface area contributed by atoms with Gasteiger partial charge in [-0.05, 0) is 31.2 Å². The minimum atomic E-state index is -0.305. The molecule has 0 unspecified atom stereocenters. The van der Waals surface area contributed by atoms with E-state index in [0.29, 0.717) is 24.1 Å². The van der Waals surface area contributed by atoms with Crippen molar-refractivity contribution < 1.29 is 9.53 Å². The number of carbonyl (C=O) groups is 1. The van der Waals surface area contributed by atoms with E-state index >= 15 is 0 Å². The first-order valence-corrected chi connectivity index (χ1v) is 8.32. The molecule has 6 heteroatoms. The Hall–Kier alpha value is -1.39. The number of anilines is 1. The summed E-state index contributed by atoms with van der Waals surface area (Å²) in [5.74, 6) is 0.774. The highest BCUT2D eigenvalue weighted by Gasteiger charge is 2.15. The third kappa shape index (κ3) is 3.50. The molecule has 0 aliphatic heterocycles. The Kier molecular flexibility index (Phi) is 5.98. The molecule has 4 nitrogen and oxygen atoms in total. The second-order valence-electron chi connectivity index (χ2n) is 4.92. The molecular formula is C16H20Cl2N2O2. The molecule has 120 valence electrons. The van der Waals surface area contributed by atoms with Crippen LogP contribution in [0, 0.1) is 0 Å². The number of alkyl halides is 2. The van der Waals surface area contributed by atoms with Gasteiger partial charge in [-0.25, -0.2) is 4.79 Å². The minimum absolute atomic E-state index is 0.305. The number of nitrogens with zero attached hydrogens (tertiary/aromatic N) is 2. The third-order valence-electron chi connectivity index (χ3n) is 3.58. The second-order valence-corrected chi connectivity index (χ2v) is 5.67. The topological polar surface area (TPSA) is 34.5 Å². The van der Waals surface area contributed by atoms with Gasteiger partial charge in [0.2, 0.25) is 0 Å². The molecule has 1 aromatic carbocycles. The Morgan fingerprint density at radius 2 is 1.91 bits per heavy atom. The van der Waals surface area contributed by atoms with E-state index in [0.717, 1.165) is 29.7 Å².